The molecule has 1 aromatic heterocycles. The molecule has 0 aliphatic rings. The number of amides is 1. The fourth-order valence-corrected chi connectivity index (χ4v) is 4.23. The van der Waals surface area contributed by atoms with Crippen molar-refractivity contribution in [2.24, 2.45) is 7.05 Å². The monoisotopic (exact) mass is 396 g/mol. The van der Waals surface area contributed by atoms with Crippen LogP contribution in [0.15, 0.2) is 59.6 Å². The molecule has 3 rings (SSSR count). The van der Waals surface area contributed by atoms with E-state index in [1.54, 1.807) is 35.9 Å². The van der Waals surface area contributed by atoms with Crippen LogP contribution in [0.2, 0.25) is 0 Å². The van der Waals surface area contributed by atoms with Crippen LogP contribution in [0.5, 0.6) is 0 Å². The summed E-state index contributed by atoms with van der Waals surface area (Å²) < 4.78 is 65.9. The second-order valence-corrected chi connectivity index (χ2v) is 7.93. The summed E-state index contributed by atoms with van der Waals surface area (Å²) in [6.07, 6.45) is -3.28. The van der Waals surface area contributed by atoms with E-state index in [1.165, 1.54) is 18.3 Å². The Morgan fingerprint density at radius 2 is 1.70 bits per heavy atom. The maximum atomic E-state index is 13.0. The van der Waals surface area contributed by atoms with Gasteiger partial charge in [-0.25, -0.2) is 8.42 Å². The summed E-state index contributed by atoms with van der Waals surface area (Å²) in [5, 5.41) is 2.50. The second kappa shape index (κ2) is 6.73. The molecule has 0 aliphatic carbocycles. The van der Waals surface area contributed by atoms with Gasteiger partial charge in [-0.2, -0.15) is 13.2 Å². The standard InChI is InChI=1S/C18H15F3N2O3S/c1-23-10-16(12-6-2-5-9-15(12)23)27(25,26)11-17(24)22-14-8-4-3-7-13(14)18(19,20)21/h2-10H,11H2,1H3,(H,22,24). The molecular formula is C18H15F3N2O3S. The highest BCUT2D eigenvalue weighted by molar-refractivity contribution is 7.92. The molecule has 27 heavy (non-hydrogen) atoms. The molecule has 0 bridgehead atoms. The molecule has 0 saturated carbocycles. The smallest absolute Gasteiger partial charge is 0.349 e. The highest BCUT2D eigenvalue weighted by Crippen LogP contribution is 2.34. The quantitative estimate of drug-likeness (QED) is 0.733. The number of carbonyl (C=O) groups is 1. The third-order valence-electron chi connectivity index (χ3n) is 4.02. The third kappa shape index (κ3) is 3.82. The highest BCUT2D eigenvalue weighted by atomic mass is 32.2. The number of hydrogen-bond donors (Lipinski definition) is 1. The molecule has 1 N–H and O–H groups in total. The third-order valence-corrected chi connectivity index (χ3v) is 5.66. The number of hydrogen-bond acceptors (Lipinski definition) is 3. The van der Waals surface area contributed by atoms with Crippen LogP contribution in [0, 0.1) is 0 Å². The maximum Gasteiger partial charge on any atom is 0.418 e. The van der Waals surface area contributed by atoms with Crippen LogP contribution in [0.25, 0.3) is 10.9 Å². The summed E-state index contributed by atoms with van der Waals surface area (Å²) in [6.45, 7) is 0. The van der Waals surface area contributed by atoms with Gasteiger partial charge in [0.15, 0.2) is 9.84 Å². The number of sulfone groups is 1. The summed E-state index contributed by atoms with van der Waals surface area (Å²) in [5.41, 5.74) is -0.858. The van der Waals surface area contributed by atoms with Crippen LogP contribution in [0.3, 0.4) is 0 Å². The van der Waals surface area contributed by atoms with Crippen molar-refractivity contribution >= 4 is 32.3 Å². The number of benzene rings is 2. The van der Waals surface area contributed by atoms with Crippen LogP contribution in [0.4, 0.5) is 18.9 Å². The van der Waals surface area contributed by atoms with Gasteiger partial charge >= 0.3 is 6.18 Å². The average Bonchev–Trinajstić information content (AvgIpc) is 2.92. The number of para-hydroxylation sites is 2. The number of halogens is 3. The van der Waals surface area contributed by atoms with Gasteiger partial charge < -0.3 is 9.88 Å². The Hall–Kier alpha value is -2.81. The molecule has 5 nitrogen and oxygen atoms in total. The van der Waals surface area contributed by atoms with Gasteiger partial charge in [-0.05, 0) is 18.2 Å². The summed E-state index contributed by atoms with van der Waals surface area (Å²) in [7, 11) is -2.38. The molecule has 0 aliphatic heterocycles. The van der Waals surface area contributed by atoms with Gasteiger partial charge in [0.05, 0.1) is 16.1 Å². The van der Waals surface area contributed by atoms with Gasteiger partial charge in [-0.3, -0.25) is 4.79 Å². The van der Waals surface area contributed by atoms with Crippen molar-refractivity contribution in [1.29, 1.82) is 0 Å². The van der Waals surface area contributed by atoms with E-state index in [9.17, 15) is 26.4 Å². The van der Waals surface area contributed by atoms with Crippen LogP contribution < -0.4 is 5.32 Å². The van der Waals surface area contributed by atoms with E-state index in [4.69, 9.17) is 0 Å². The number of nitrogens with zero attached hydrogens (tertiary/aromatic N) is 1. The van der Waals surface area contributed by atoms with E-state index in [0.29, 0.717) is 10.9 Å². The lowest BCUT2D eigenvalue weighted by Crippen LogP contribution is -2.24. The molecule has 1 heterocycles. The average molecular weight is 396 g/mol. The first-order valence-corrected chi connectivity index (χ1v) is 9.48. The molecule has 2 aromatic carbocycles. The van der Waals surface area contributed by atoms with Crippen LogP contribution in [-0.2, 0) is 27.9 Å². The van der Waals surface area contributed by atoms with Gasteiger partial charge in [0.25, 0.3) is 0 Å². The Labute approximate surface area is 153 Å². The van der Waals surface area contributed by atoms with Gasteiger partial charge in [0.1, 0.15) is 5.75 Å². The minimum atomic E-state index is -4.67. The minimum Gasteiger partial charge on any atom is -0.349 e. The van der Waals surface area contributed by atoms with Crippen molar-refractivity contribution in [3.05, 3.63) is 60.3 Å². The molecule has 0 fully saturated rings. The summed E-state index contributed by atoms with van der Waals surface area (Å²) >= 11 is 0. The lowest BCUT2D eigenvalue weighted by atomic mass is 10.1. The van der Waals surface area contributed by atoms with Crippen LogP contribution >= 0.6 is 0 Å². The first kappa shape index (κ1) is 19.0. The molecule has 1 amide bonds. The Bertz CT molecular complexity index is 1120. The van der Waals surface area contributed by atoms with E-state index in [0.717, 1.165) is 12.1 Å². The number of aryl methyl sites for hydroxylation is 1. The second-order valence-electron chi connectivity index (χ2n) is 5.97. The molecular weight excluding hydrogens is 381 g/mol. The highest BCUT2D eigenvalue weighted by Gasteiger charge is 2.34. The maximum absolute atomic E-state index is 13.0. The van der Waals surface area contributed by atoms with Crippen molar-refractivity contribution in [3.8, 4) is 0 Å². The largest absolute Gasteiger partial charge is 0.418 e. The van der Waals surface area contributed by atoms with Crippen molar-refractivity contribution in [3.63, 3.8) is 0 Å². The fraction of sp³-hybridized carbons (Fsp3) is 0.167. The lowest BCUT2D eigenvalue weighted by Gasteiger charge is -2.13. The number of fused-ring (bicyclic) bond motifs is 1. The molecule has 0 atom stereocenters. The number of aromatic nitrogens is 1. The van der Waals surface area contributed by atoms with Crippen LogP contribution in [-0.4, -0.2) is 24.6 Å². The SMILES string of the molecule is Cn1cc(S(=O)(=O)CC(=O)Nc2ccccc2C(F)(F)F)c2ccccc21. The first-order valence-electron chi connectivity index (χ1n) is 7.82. The zero-order chi connectivity index (χ0) is 19.8. The molecule has 0 saturated heterocycles. The first-order chi connectivity index (χ1) is 12.6. The number of nitrogens with one attached hydrogen (secondary N) is 1. The van der Waals surface area contributed by atoms with Gasteiger partial charge in [0.2, 0.25) is 5.91 Å². The zero-order valence-electron chi connectivity index (χ0n) is 14.1. The van der Waals surface area contributed by atoms with E-state index in [2.05, 4.69) is 5.32 Å². The van der Waals surface area contributed by atoms with Crippen molar-refractivity contribution in [2.75, 3.05) is 11.1 Å². The Kier molecular flexibility index (Phi) is 4.73. The molecule has 9 heteroatoms. The number of alkyl halides is 3. The van der Waals surface area contributed by atoms with Crippen molar-refractivity contribution < 1.29 is 26.4 Å². The molecule has 0 spiro atoms. The van der Waals surface area contributed by atoms with E-state index < -0.39 is 38.9 Å². The Balaban J connectivity index is 1.88. The Morgan fingerprint density at radius 1 is 1.07 bits per heavy atom. The molecule has 3 aromatic rings. The summed E-state index contributed by atoms with van der Waals surface area (Å²) in [6, 6.07) is 11.2. The number of carbonyl (C=O) groups excluding carboxylic acids is 1. The minimum absolute atomic E-state index is 0.0418. The normalized spacial score (nSPS) is 12.3. The van der Waals surface area contributed by atoms with Crippen molar-refractivity contribution in [2.45, 2.75) is 11.1 Å². The topological polar surface area (TPSA) is 68.2 Å². The fourth-order valence-electron chi connectivity index (χ4n) is 2.83. The van der Waals surface area contributed by atoms with Crippen LogP contribution in [0.1, 0.15) is 5.56 Å². The Morgan fingerprint density at radius 3 is 2.41 bits per heavy atom. The summed E-state index contributed by atoms with van der Waals surface area (Å²) in [5.74, 6) is -2.01. The molecule has 0 unspecified atom stereocenters. The number of anilines is 1. The number of rotatable bonds is 4. The molecule has 142 valence electrons. The predicted molar refractivity (Wildman–Crippen MR) is 95.0 cm³/mol. The predicted octanol–water partition coefficient (Wildman–Crippen LogP) is 3.61. The lowest BCUT2D eigenvalue weighted by molar-refractivity contribution is -0.137. The zero-order valence-corrected chi connectivity index (χ0v) is 14.9. The van der Waals surface area contributed by atoms with Gasteiger partial charge in [0, 0.05) is 24.1 Å². The van der Waals surface area contributed by atoms with Gasteiger partial charge in [-0.15, -0.1) is 0 Å². The van der Waals surface area contributed by atoms with E-state index >= 15 is 0 Å². The van der Waals surface area contributed by atoms with Crippen molar-refractivity contribution in [1.82, 2.24) is 4.57 Å². The van der Waals surface area contributed by atoms with E-state index in [-0.39, 0.29) is 4.90 Å². The molecule has 0 radical (unpaired) electrons. The summed E-state index contributed by atoms with van der Waals surface area (Å²) in [4.78, 5) is 12.1. The van der Waals surface area contributed by atoms with E-state index in [1.807, 2.05) is 0 Å². The van der Waals surface area contributed by atoms with Gasteiger partial charge in [-0.1, -0.05) is 30.3 Å².